The van der Waals surface area contributed by atoms with Gasteiger partial charge < -0.3 is 15.4 Å². The lowest BCUT2D eigenvalue weighted by atomic mass is 10.2. The number of thioether (sulfide) groups is 1. The third kappa shape index (κ3) is 7.86. The fraction of sp³-hybridized carbons (Fsp3) is 0.333. The Labute approximate surface area is 213 Å². The lowest BCUT2D eigenvalue weighted by molar-refractivity contribution is -0.138. The quantitative estimate of drug-likeness (QED) is 0.194. The minimum atomic E-state index is -0.931. The van der Waals surface area contributed by atoms with Crippen molar-refractivity contribution in [2.75, 3.05) is 6.54 Å². The molecule has 184 valence electrons. The summed E-state index contributed by atoms with van der Waals surface area (Å²) in [6.07, 6.45) is 11.7. The van der Waals surface area contributed by atoms with Gasteiger partial charge in [0.25, 0.3) is 0 Å². The summed E-state index contributed by atoms with van der Waals surface area (Å²) in [4.78, 5) is 26.8. The van der Waals surface area contributed by atoms with Crippen LogP contribution in [0.1, 0.15) is 38.4 Å². The molecule has 2 N–H and O–H groups in total. The van der Waals surface area contributed by atoms with Gasteiger partial charge in [-0.1, -0.05) is 24.8 Å². The van der Waals surface area contributed by atoms with Gasteiger partial charge in [-0.3, -0.25) is 4.79 Å². The van der Waals surface area contributed by atoms with Crippen LogP contribution in [0.2, 0.25) is 0 Å². The summed E-state index contributed by atoms with van der Waals surface area (Å²) in [6, 6.07) is 5.68. The van der Waals surface area contributed by atoms with Crippen LogP contribution in [0.25, 0.3) is 5.82 Å². The number of aliphatic carboxylic acids is 1. The Balaban J connectivity index is 1.70. The Kier molecular flexibility index (Phi) is 9.32. The lowest BCUT2D eigenvalue weighted by Crippen LogP contribution is -2.26. The van der Waals surface area contributed by atoms with Crippen LogP contribution in [0.15, 0.2) is 63.3 Å². The summed E-state index contributed by atoms with van der Waals surface area (Å²) >= 11 is 2.72. The number of carboxylic acid groups (broad SMARTS) is 1. The summed E-state index contributed by atoms with van der Waals surface area (Å²) in [6.45, 7) is 6.59. The van der Waals surface area contributed by atoms with E-state index in [1.54, 1.807) is 37.3 Å². The van der Waals surface area contributed by atoms with E-state index in [1.807, 2.05) is 42.9 Å². The van der Waals surface area contributed by atoms with Crippen molar-refractivity contribution in [2.45, 2.75) is 49.2 Å². The number of nitrogens with one attached hydrogen (secondary N) is 1. The van der Waals surface area contributed by atoms with E-state index < -0.39 is 10.7 Å². The number of rotatable bonds is 13. The number of nitrogens with zero attached hydrogens (tertiary/aromatic N) is 6. The maximum Gasteiger partial charge on any atom is 0.319 e. The molecule has 0 aromatic carbocycles. The van der Waals surface area contributed by atoms with Gasteiger partial charge in [-0.2, -0.15) is 5.10 Å². The Bertz CT molecular complexity index is 1190. The number of aromatic nitrogens is 4. The number of aliphatic imine (C=N–C) groups is 1. The molecule has 0 aliphatic heterocycles. The molecule has 0 fully saturated rings. The highest BCUT2D eigenvalue weighted by Gasteiger charge is 2.29. The van der Waals surface area contributed by atoms with Crippen molar-refractivity contribution < 1.29 is 9.90 Å². The molecule has 0 radical (unpaired) electrons. The van der Waals surface area contributed by atoms with E-state index >= 15 is 0 Å². The van der Waals surface area contributed by atoms with Crippen molar-refractivity contribution >= 4 is 41.6 Å². The largest absolute Gasteiger partial charge is 0.480 e. The fourth-order valence-corrected chi connectivity index (χ4v) is 5.12. The van der Waals surface area contributed by atoms with Crippen LogP contribution in [-0.2, 0) is 17.8 Å². The van der Waals surface area contributed by atoms with E-state index in [0.29, 0.717) is 19.5 Å². The normalized spacial score (nSPS) is 12.3. The van der Waals surface area contributed by atoms with Gasteiger partial charge in [0.2, 0.25) is 0 Å². The third-order valence-electron chi connectivity index (χ3n) is 5.01. The van der Waals surface area contributed by atoms with Gasteiger partial charge in [-0.15, -0.1) is 11.3 Å². The lowest BCUT2D eigenvalue weighted by Gasteiger charge is -2.18. The zero-order valence-corrected chi connectivity index (χ0v) is 21.6. The first kappa shape index (κ1) is 26.3. The molecule has 3 aromatic rings. The van der Waals surface area contributed by atoms with Crippen molar-refractivity contribution in [3.05, 3.63) is 65.2 Å². The maximum absolute atomic E-state index is 11.4. The predicted octanol–water partition coefficient (Wildman–Crippen LogP) is 4.70. The second-order valence-electron chi connectivity index (χ2n) is 8.19. The molecule has 0 spiro atoms. The van der Waals surface area contributed by atoms with Crippen LogP contribution >= 0.6 is 23.1 Å². The topological polar surface area (TPSA) is 120 Å². The molecule has 3 heterocycles. The summed E-state index contributed by atoms with van der Waals surface area (Å²) in [5.41, 5.74) is 2.75. The summed E-state index contributed by atoms with van der Waals surface area (Å²) in [5.74, 6) is -0.116. The van der Waals surface area contributed by atoms with Crippen molar-refractivity contribution in [3.63, 3.8) is 0 Å². The number of carboxylic acids is 1. The molecule has 11 heteroatoms. The second kappa shape index (κ2) is 12.4. The molecular formula is C24H29N7O2S2. The van der Waals surface area contributed by atoms with Crippen LogP contribution in [-0.4, -0.2) is 59.6 Å². The molecule has 3 aromatic heterocycles. The fourth-order valence-electron chi connectivity index (χ4n) is 2.89. The SMILES string of the molecule is CC/C(C=N)=C/N=CN(CCc1csc(SC(C)(C)C(=O)O)n1)Cc1cnn(-c2ccccn2)c1. The molecule has 3 rings (SSSR count). The Morgan fingerprint density at radius 1 is 1.40 bits per heavy atom. The van der Waals surface area contributed by atoms with Crippen molar-refractivity contribution in [1.29, 1.82) is 5.41 Å². The van der Waals surface area contributed by atoms with E-state index in [9.17, 15) is 9.90 Å². The predicted molar refractivity (Wildman–Crippen MR) is 141 cm³/mol. The summed E-state index contributed by atoms with van der Waals surface area (Å²) < 4.78 is 1.55. The molecule has 9 nitrogen and oxygen atoms in total. The summed E-state index contributed by atoms with van der Waals surface area (Å²) in [5, 5.41) is 23.2. The second-order valence-corrected chi connectivity index (χ2v) is 10.9. The average molecular weight is 512 g/mol. The smallest absolute Gasteiger partial charge is 0.319 e. The van der Waals surface area contributed by atoms with E-state index in [-0.39, 0.29) is 0 Å². The molecule has 0 aliphatic carbocycles. The van der Waals surface area contributed by atoms with Crippen LogP contribution in [0.3, 0.4) is 0 Å². The van der Waals surface area contributed by atoms with E-state index in [2.05, 4.69) is 25.0 Å². The van der Waals surface area contributed by atoms with Gasteiger partial charge in [-0.05, 0) is 38.0 Å². The highest BCUT2D eigenvalue weighted by Crippen LogP contribution is 2.34. The number of hydrogen-bond acceptors (Lipinski definition) is 8. The molecule has 0 saturated heterocycles. The molecule has 0 atom stereocenters. The van der Waals surface area contributed by atoms with Gasteiger partial charge >= 0.3 is 5.97 Å². The molecule has 35 heavy (non-hydrogen) atoms. The Morgan fingerprint density at radius 2 is 2.23 bits per heavy atom. The highest BCUT2D eigenvalue weighted by atomic mass is 32.2. The third-order valence-corrected chi connectivity index (χ3v) is 7.19. The highest BCUT2D eigenvalue weighted by molar-refractivity contribution is 8.03. The standard InChI is InChI=1S/C24H29N7O2S2/c1-4-18(11-25)12-26-17-30(14-19-13-28-31(15-19)21-7-5-6-9-27-21)10-8-20-16-34-23(29-20)35-24(2,3)22(32)33/h5-7,9,11-13,15-17,25H,4,8,10,14H2,1-3H3,(H,32,33)/b18-12-,25-11?,26-17?. The molecule has 0 saturated carbocycles. The van der Waals surface area contributed by atoms with E-state index in [1.165, 1.54) is 29.3 Å². The van der Waals surface area contributed by atoms with E-state index in [0.717, 1.165) is 33.4 Å². The number of pyridine rings is 1. The van der Waals surface area contributed by atoms with Crippen molar-refractivity contribution in [3.8, 4) is 5.82 Å². The zero-order chi connectivity index (χ0) is 25.3. The van der Waals surface area contributed by atoms with Crippen LogP contribution in [0.4, 0.5) is 0 Å². The molecule has 0 aliphatic rings. The average Bonchev–Trinajstić information content (AvgIpc) is 3.50. The first-order chi connectivity index (χ1) is 16.8. The van der Waals surface area contributed by atoms with Gasteiger partial charge in [0.15, 0.2) is 10.2 Å². The van der Waals surface area contributed by atoms with E-state index in [4.69, 9.17) is 5.41 Å². The number of hydrogen-bond donors (Lipinski definition) is 2. The van der Waals surface area contributed by atoms with Crippen molar-refractivity contribution in [1.82, 2.24) is 24.6 Å². The number of allylic oxidation sites excluding steroid dienone is 1. The van der Waals surface area contributed by atoms with Crippen LogP contribution in [0, 0.1) is 5.41 Å². The first-order valence-corrected chi connectivity index (χ1v) is 12.8. The molecule has 0 unspecified atom stereocenters. The van der Waals surface area contributed by atoms with Gasteiger partial charge in [0.1, 0.15) is 4.75 Å². The minimum Gasteiger partial charge on any atom is -0.480 e. The molecular weight excluding hydrogens is 482 g/mol. The first-order valence-electron chi connectivity index (χ1n) is 11.1. The van der Waals surface area contributed by atoms with Gasteiger partial charge in [0.05, 0.1) is 18.2 Å². The van der Waals surface area contributed by atoms with Crippen LogP contribution < -0.4 is 0 Å². The molecule has 0 amide bonds. The monoisotopic (exact) mass is 511 g/mol. The Hall–Kier alpha value is -3.31. The maximum atomic E-state index is 11.4. The number of thiazole rings is 1. The Morgan fingerprint density at radius 3 is 2.91 bits per heavy atom. The number of carbonyl (C=O) groups is 1. The summed E-state index contributed by atoms with van der Waals surface area (Å²) in [7, 11) is 0. The zero-order valence-electron chi connectivity index (χ0n) is 20.0. The van der Waals surface area contributed by atoms with Crippen molar-refractivity contribution in [2.24, 2.45) is 4.99 Å². The van der Waals surface area contributed by atoms with Crippen LogP contribution in [0.5, 0.6) is 0 Å². The molecule has 0 bridgehead atoms. The minimum absolute atomic E-state index is 0.591. The van der Waals surface area contributed by atoms with Gasteiger partial charge in [-0.25, -0.2) is 19.6 Å². The van der Waals surface area contributed by atoms with Gasteiger partial charge in [0, 0.05) is 55.3 Å².